The van der Waals surface area contributed by atoms with E-state index in [1.807, 2.05) is 55.7 Å². The molecular weight excluding hydrogens is 356 g/mol. The van der Waals surface area contributed by atoms with Crippen molar-refractivity contribution in [2.75, 3.05) is 20.1 Å². The molecule has 1 aromatic carbocycles. The maximum absolute atomic E-state index is 12.7. The zero-order valence-corrected chi connectivity index (χ0v) is 16.0. The molecule has 1 amide bonds. The Hall–Kier alpha value is -1.70. The van der Waals surface area contributed by atoms with Gasteiger partial charge in [0.25, 0.3) is 5.91 Å². The minimum Gasteiger partial charge on any atom is -0.343 e. The minimum absolute atomic E-state index is 0.141. The predicted molar refractivity (Wildman–Crippen MR) is 104 cm³/mol. The van der Waals surface area contributed by atoms with E-state index < -0.39 is 0 Å². The first-order valence-corrected chi connectivity index (χ1v) is 9.26. The first-order valence-electron chi connectivity index (χ1n) is 8.06. The molecule has 0 saturated heterocycles. The van der Waals surface area contributed by atoms with Crippen molar-refractivity contribution in [2.45, 2.75) is 13.0 Å². The second-order valence-corrected chi connectivity index (χ2v) is 7.28. The third kappa shape index (κ3) is 4.68. The molecule has 0 radical (unpaired) electrons. The van der Waals surface area contributed by atoms with Gasteiger partial charge in [-0.1, -0.05) is 41.9 Å². The number of thiophene rings is 1. The second-order valence-electron chi connectivity index (χ2n) is 5.56. The average molecular weight is 380 g/mol. The summed E-state index contributed by atoms with van der Waals surface area (Å²) in [6.07, 6.45) is 0. The van der Waals surface area contributed by atoms with Crippen molar-refractivity contribution >= 4 is 34.5 Å². The zero-order chi connectivity index (χ0) is 18.4. The summed E-state index contributed by atoms with van der Waals surface area (Å²) in [5.74, 6) is -0.141. The Bertz CT molecular complexity index is 758. The molecule has 0 fully saturated rings. The van der Waals surface area contributed by atoms with E-state index in [4.69, 9.17) is 23.1 Å². The molecule has 2 rings (SSSR count). The van der Waals surface area contributed by atoms with E-state index in [2.05, 4.69) is 5.32 Å². The normalized spacial score (nSPS) is 13.3. The minimum atomic E-state index is -0.222. The monoisotopic (exact) mass is 379 g/mol. The van der Waals surface area contributed by atoms with Gasteiger partial charge in [0.2, 0.25) is 0 Å². The van der Waals surface area contributed by atoms with Gasteiger partial charge in [0.1, 0.15) is 0 Å². The van der Waals surface area contributed by atoms with E-state index in [1.165, 1.54) is 11.3 Å². The van der Waals surface area contributed by atoms with Crippen molar-refractivity contribution in [3.63, 3.8) is 0 Å². The second kappa shape index (κ2) is 9.12. The van der Waals surface area contributed by atoms with Gasteiger partial charge in [-0.3, -0.25) is 4.79 Å². The fraction of sp³-hybridized carbons (Fsp3) is 0.278. The van der Waals surface area contributed by atoms with Gasteiger partial charge in [-0.05, 0) is 18.6 Å². The van der Waals surface area contributed by atoms with Crippen molar-refractivity contribution in [2.24, 2.45) is 11.5 Å². The number of quaternary nitrogens is 1. The van der Waals surface area contributed by atoms with Crippen molar-refractivity contribution in [3.05, 3.63) is 62.3 Å². The molecule has 1 aromatic heterocycles. The first kappa shape index (κ1) is 19.6. The Morgan fingerprint density at radius 2 is 2.00 bits per heavy atom. The van der Waals surface area contributed by atoms with Gasteiger partial charge in [0.05, 0.1) is 28.6 Å². The molecule has 0 bridgehead atoms. The molecule has 0 aliphatic rings. The first-order chi connectivity index (χ1) is 12.0. The van der Waals surface area contributed by atoms with Gasteiger partial charge >= 0.3 is 0 Å². The lowest BCUT2D eigenvalue weighted by Crippen LogP contribution is -2.76. The summed E-state index contributed by atoms with van der Waals surface area (Å²) in [5, 5.41) is 5.50. The topological polar surface area (TPSA) is 97.7 Å². The Morgan fingerprint density at radius 1 is 1.32 bits per heavy atom. The van der Waals surface area contributed by atoms with E-state index in [0.717, 1.165) is 21.7 Å². The van der Waals surface area contributed by atoms with E-state index in [1.54, 1.807) is 0 Å². The van der Waals surface area contributed by atoms with Crippen LogP contribution in [0, 0.1) is 6.92 Å². The number of aryl methyl sites for hydroxylation is 1. The van der Waals surface area contributed by atoms with Crippen molar-refractivity contribution in [1.82, 2.24) is 5.32 Å². The number of nitrogens with two attached hydrogens (primary N) is 3. The summed E-state index contributed by atoms with van der Waals surface area (Å²) >= 11 is 7.66. The largest absolute Gasteiger partial charge is 0.343 e. The fourth-order valence-electron chi connectivity index (χ4n) is 2.62. The number of hydrogen-bond acceptors (Lipinski definition) is 4. The van der Waals surface area contributed by atoms with Crippen LogP contribution in [0.2, 0.25) is 0 Å². The fourth-order valence-corrected chi connectivity index (χ4v) is 3.77. The van der Waals surface area contributed by atoms with Gasteiger partial charge in [0.15, 0.2) is 5.70 Å². The molecule has 134 valence electrons. The van der Waals surface area contributed by atoms with Crippen LogP contribution in [0.15, 0.2) is 41.4 Å². The number of carbonyl (C=O) groups excluding carboxylic acids is 1. The Morgan fingerprint density at radius 3 is 2.56 bits per heavy atom. The summed E-state index contributed by atoms with van der Waals surface area (Å²) in [7, 11) is 1.91. The van der Waals surface area contributed by atoms with Crippen LogP contribution >= 0.6 is 22.9 Å². The molecule has 0 aliphatic heterocycles. The van der Waals surface area contributed by atoms with Crippen LogP contribution in [0.25, 0.3) is 5.70 Å². The molecule has 0 aliphatic carbocycles. The van der Waals surface area contributed by atoms with Gasteiger partial charge < -0.3 is 22.1 Å². The number of hydrogen-bond donors (Lipinski definition) is 4. The zero-order valence-electron chi connectivity index (χ0n) is 14.4. The molecule has 2 aromatic rings. The Balaban J connectivity index is 2.25. The van der Waals surface area contributed by atoms with E-state index in [-0.39, 0.29) is 18.5 Å². The molecular formula is C18H24ClN4OS+. The number of benzene rings is 1. The van der Waals surface area contributed by atoms with E-state index in [0.29, 0.717) is 16.5 Å². The molecule has 1 unspecified atom stereocenters. The van der Waals surface area contributed by atoms with Gasteiger partial charge in [-0.15, -0.1) is 11.3 Å². The summed E-state index contributed by atoms with van der Waals surface area (Å²) < 4.78 is 0. The molecule has 5 nitrogen and oxygen atoms in total. The van der Waals surface area contributed by atoms with Crippen LogP contribution in [0.4, 0.5) is 0 Å². The molecule has 1 heterocycles. The standard InChI is InChI=1S/C18H23ClN4OS/c1-11-13(17(22-2)14(19)9-20)8-16(25-11)18(24)23-15(10-21)12-6-4-3-5-7-12/h3-8,15,22H,9-10,20-21H2,1-2H3,(H,23,24)/p+1. The molecule has 7 heteroatoms. The number of amides is 1. The van der Waals surface area contributed by atoms with E-state index >= 15 is 0 Å². The summed E-state index contributed by atoms with van der Waals surface area (Å²) in [6, 6.07) is 11.3. The SMILES string of the molecule is C[NH2+]C(=C(Cl)CN)c1cc(C(=O)NC(CN)c2ccccc2)sc1C. The highest BCUT2D eigenvalue weighted by Crippen LogP contribution is 2.27. The maximum atomic E-state index is 12.7. The number of carbonyl (C=O) groups is 1. The molecule has 25 heavy (non-hydrogen) atoms. The quantitative estimate of drug-likeness (QED) is 0.587. The smallest absolute Gasteiger partial charge is 0.261 e. The Labute approximate surface area is 157 Å². The van der Waals surface area contributed by atoms with Crippen molar-refractivity contribution in [3.8, 4) is 0 Å². The maximum Gasteiger partial charge on any atom is 0.261 e. The average Bonchev–Trinajstić information content (AvgIpc) is 3.02. The van der Waals surface area contributed by atoms with Crippen LogP contribution in [0.1, 0.15) is 31.7 Å². The third-order valence-electron chi connectivity index (χ3n) is 3.93. The van der Waals surface area contributed by atoms with Gasteiger partial charge in [-0.2, -0.15) is 0 Å². The summed E-state index contributed by atoms with van der Waals surface area (Å²) in [5.41, 5.74) is 14.3. The third-order valence-corrected chi connectivity index (χ3v) is 5.34. The van der Waals surface area contributed by atoms with Crippen molar-refractivity contribution in [1.29, 1.82) is 0 Å². The summed E-state index contributed by atoms with van der Waals surface area (Å²) in [4.78, 5) is 14.3. The molecule has 0 spiro atoms. The van der Waals surface area contributed by atoms with Gasteiger partial charge in [-0.25, -0.2) is 0 Å². The molecule has 1 atom stereocenters. The predicted octanol–water partition coefficient (Wildman–Crippen LogP) is 1.55. The summed E-state index contributed by atoms with van der Waals surface area (Å²) in [6.45, 7) is 2.57. The van der Waals surface area contributed by atoms with Crippen LogP contribution in [0.3, 0.4) is 0 Å². The molecule has 0 saturated carbocycles. The highest BCUT2D eigenvalue weighted by atomic mass is 35.5. The number of nitrogens with one attached hydrogen (secondary N) is 1. The lowest BCUT2D eigenvalue weighted by Gasteiger charge is -2.16. The lowest BCUT2D eigenvalue weighted by molar-refractivity contribution is -0.530. The van der Waals surface area contributed by atoms with Crippen LogP contribution in [-0.4, -0.2) is 26.0 Å². The Kier molecular flexibility index (Phi) is 7.16. The van der Waals surface area contributed by atoms with Crippen molar-refractivity contribution < 1.29 is 10.1 Å². The lowest BCUT2D eigenvalue weighted by atomic mass is 10.1. The van der Waals surface area contributed by atoms with E-state index in [9.17, 15) is 4.79 Å². The van der Waals surface area contributed by atoms with Crippen LogP contribution in [-0.2, 0) is 0 Å². The van der Waals surface area contributed by atoms with Gasteiger partial charge in [0, 0.05) is 18.0 Å². The van der Waals surface area contributed by atoms with Crippen LogP contribution < -0.4 is 22.1 Å². The highest BCUT2D eigenvalue weighted by Gasteiger charge is 2.21. The van der Waals surface area contributed by atoms with Crippen LogP contribution in [0.5, 0.6) is 0 Å². The number of halogens is 1. The molecule has 7 N–H and O–H groups in total. The number of rotatable bonds is 7. The highest BCUT2D eigenvalue weighted by molar-refractivity contribution is 7.14.